The van der Waals surface area contributed by atoms with Gasteiger partial charge in [-0.1, -0.05) is 26.0 Å². The van der Waals surface area contributed by atoms with Gasteiger partial charge in [0, 0.05) is 32.0 Å². The van der Waals surface area contributed by atoms with Gasteiger partial charge in [0.2, 0.25) is 11.8 Å². The Kier molecular flexibility index (Phi) is 6.48. The maximum atomic E-state index is 12.7. The maximum absolute atomic E-state index is 12.7. The summed E-state index contributed by atoms with van der Waals surface area (Å²) >= 11 is 0. The van der Waals surface area contributed by atoms with Crippen molar-refractivity contribution in [2.75, 3.05) is 19.6 Å². The highest BCUT2D eigenvalue weighted by Gasteiger charge is 2.21. The second-order valence-electron chi connectivity index (χ2n) is 7.25. The molecule has 0 aliphatic carbocycles. The van der Waals surface area contributed by atoms with Gasteiger partial charge in [-0.25, -0.2) is 4.98 Å². The van der Waals surface area contributed by atoms with Crippen LogP contribution < -0.4 is 5.32 Å². The van der Waals surface area contributed by atoms with Crippen molar-refractivity contribution < 1.29 is 9.59 Å². The molecule has 0 unspecified atom stereocenters. The van der Waals surface area contributed by atoms with E-state index < -0.39 is 0 Å². The summed E-state index contributed by atoms with van der Waals surface area (Å²) in [6.07, 6.45) is 4.50. The highest BCUT2D eigenvalue weighted by atomic mass is 16.2. The van der Waals surface area contributed by atoms with Crippen LogP contribution in [-0.2, 0) is 22.6 Å². The third-order valence-corrected chi connectivity index (χ3v) is 5.49. The second kappa shape index (κ2) is 9.02. The Bertz CT molecular complexity index is 789. The van der Waals surface area contributed by atoms with Gasteiger partial charge >= 0.3 is 0 Å². The van der Waals surface area contributed by atoms with E-state index in [1.54, 1.807) is 0 Å². The Morgan fingerprint density at radius 3 is 2.56 bits per heavy atom. The number of imidazole rings is 1. The smallest absolute Gasteiger partial charge is 0.242 e. The van der Waals surface area contributed by atoms with E-state index in [4.69, 9.17) is 4.98 Å². The van der Waals surface area contributed by atoms with E-state index in [9.17, 15) is 9.59 Å². The summed E-state index contributed by atoms with van der Waals surface area (Å²) in [7, 11) is 0. The van der Waals surface area contributed by atoms with Gasteiger partial charge in [-0.05, 0) is 37.8 Å². The zero-order chi connectivity index (χ0) is 19.2. The first kappa shape index (κ1) is 19.4. The molecule has 0 bridgehead atoms. The van der Waals surface area contributed by atoms with E-state index in [2.05, 4.69) is 5.32 Å². The number of hydrogen-bond acceptors (Lipinski definition) is 3. The number of hydrogen-bond donors (Lipinski definition) is 1. The Morgan fingerprint density at radius 2 is 1.85 bits per heavy atom. The molecule has 6 nitrogen and oxygen atoms in total. The van der Waals surface area contributed by atoms with E-state index in [1.807, 2.05) is 47.6 Å². The molecule has 1 aliphatic heterocycles. The molecule has 2 amide bonds. The standard InChI is InChI=1S/C21H30N4O2/c1-3-16(4-2)21(27)22-12-11-19-23-17-9-5-6-10-18(17)25(19)15-20(26)24-13-7-8-14-24/h5-6,9-10,16H,3-4,7-8,11-15H2,1-2H3,(H,22,27). The first-order valence-electron chi connectivity index (χ1n) is 10.1. The van der Waals surface area contributed by atoms with Crippen LogP contribution in [0.3, 0.4) is 0 Å². The van der Waals surface area contributed by atoms with Crippen molar-refractivity contribution >= 4 is 22.8 Å². The van der Waals surface area contributed by atoms with Crippen molar-refractivity contribution in [2.45, 2.75) is 52.5 Å². The molecule has 1 fully saturated rings. The summed E-state index contributed by atoms with van der Waals surface area (Å²) in [6.45, 7) is 6.64. The average Bonchev–Trinajstić information content (AvgIpc) is 3.32. The molecule has 1 N–H and O–H groups in total. The van der Waals surface area contributed by atoms with Crippen molar-refractivity contribution in [1.29, 1.82) is 0 Å². The summed E-state index contributed by atoms with van der Waals surface area (Å²) in [5, 5.41) is 3.03. The molecule has 2 heterocycles. The molecule has 27 heavy (non-hydrogen) atoms. The predicted molar refractivity (Wildman–Crippen MR) is 106 cm³/mol. The van der Waals surface area contributed by atoms with Gasteiger partial charge in [0.05, 0.1) is 11.0 Å². The minimum atomic E-state index is 0.0700. The van der Waals surface area contributed by atoms with Crippen molar-refractivity contribution in [3.63, 3.8) is 0 Å². The number of rotatable bonds is 8. The number of carbonyl (C=O) groups excluding carboxylic acids is 2. The van der Waals surface area contributed by atoms with E-state index in [0.29, 0.717) is 19.5 Å². The third kappa shape index (κ3) is 4.49. The highest BCUT2D eigenvalue weighted by molar-refractivity contribution is 5.81. The van der Waals surface area contributed by atoms with E-state index in [-0.39, 0.29) is 17.7 Å². The summed E-state index contributed by atoms with van der Waals surface area (Å²) in [6, 6.07) is 7.91. The lowest BCUT2D eigenvalue weighted by molar-refractivity contribution is -0.130. The number of nitrogens with one attached hydrogen (secondary N) is 1. The van der Waals surface area contributed by atoms with Crippen molar-refractivity contribution in [2.24, 2.45) is 5.92 Å². The number of nitrogens with zero attached hydrogens (tertiary/aromatic N) is 3. The van der Waals surface area contributed by atoms with Crippen LogP contribution >= 0.6 is 0 Å². The van der Waals surface area contributed by atoms with E-state index >= 15 is 0 Å². The van der Waals surface area contributed by atoms with Gasteiger partial charge in [0.25, 0.3) is 0 Å². The summed E-state index contributed by atoms with van der Waals surface area (Å²) in [5.41, 5.74) is 1.87. The monoisotopic (exact) mass is 370 g/mol. The Morgan fingerprint density at radius 1 is 1.15 bits per heavy atom. The lowest BCUT2D eigenvalue weighted by atomic mass is 10.0. The van der Waals surface area contributed by atoms with Crippen molar-refractivity contribution in [3.8, 4) is 0 Å². The highest BCUT2D eigenvalue weighted by Crippen LogP contribution is 2.18. The topological polar surface area (TPSA) is 67.2 Å². The fraction of sp³-hybridized carbons (Fsp3) is 0.571. The minimum Gasteiger partial charge on any atom is -0.355 e. The molecular formula is C21H30N4O2. The number of carbonyl (C=O) groups is 2. The molecule has 1 saturated heterocycles. The fourth-order valence-corrected chi connectivity index (χ4v) is 3.80. The summed E-state index contributed by atoms with van der Waals surface area (Å²) in [5.74, 6) is 1.18. The summed E-state index contributed by atoms with van der Waals surface area (Å²) < 4.78 is 2.01. The lowest BCUT2D eigenvalue weighted by Crippen LogP contribution is -2.33. The number of benzene rings is 1. The van der Waals surface area contributed by atoms with Crippen molar-refractivity contribution in [1.82, 2.24) is 19.8 Å². The van der Waals surface area contributed by atoms with Gasteiger partial charge in [-0.2, -0.15) is 0 Å². The van der Waals surface area contributed by atoms with Crippen molar-refractivity contribution in [3.05, 3.63) is 30.1 Å². The fourth-order valence-electron chi connectivity index (χ4n) is 3.80. The predicted octanol–water partition coefficient (Wildman–Crippen LogP) is 2.75. The van der Waals surface area contributed by atoms with Gasteiger partial charge in [-0.3, -0.25) is 9.59 Å². The molecule has 0 spiro atoms. The van der Waals surface area contributed by atoms with E-state index in [1.165, 1.54) is 0 Å². The molecule has 1 aliphatic rings. The zero-order valence-electron chi connectivity index (χ0n) is 16.4. The van der Waals surface area contributed by atoms with Gasteiger partial charge in [0.1, 0.15) is 12.4 Å². The number of para-hydroxylation sites is 2. The average molecular weight is 370 g/mol. The van der Waals surface area contributed by atoms with Crippen LogP contribution in [-0.4, -0.2) is 45.9 Å². The molecule has 2 aromatic rings. The molecule has 6 heteroatoms. The van der Waals surface area contributed by atoms with Crippen LogP contribution in [0.1, 0.15) is 45.4 Å². The molecule has 1 aromatic carbocycles. The second-order valence-corrected chi connectivity index (χ2v) is 7.25. The largest absolute Gasteiger partial charge is 0.355 e. The number of aromatic nitrogens is 2. The quantitative estimate of drug-likeness (QED) is 0.777. The maximum Gasteiger partial charge on any atom is 0.242 e. The van der Waals surface area contributed by atoms with Crippen LogP contribution in [0.25, 0.3) is 11.0 Å². The summed E-state index contributed by atoms with van der Waals surface area (Å²) in [4.78, 5) is 31.5. The molecular weight excluding hydrogens is 340 g/mol. The van der Waals surface area contributed by atoms with Crippen LogP contribution in [0, 0.1) is 5.92 Å². The minimum absolute atomic E-state index is 0.0700. The number of fused-ring (bicyclic) bond motifs is 1. The molecule has 1 aromatic heterocycles. The van der Waals surface area contributed by atoms with E-state index in [0.717, 1.165) is 55.6 Å². The third-order valence-electron chi connectivity index (χ3n) is 5.49. The molecule has 3 rings (SSSR count). The first-order valence-corrected chi connectivity index (χ1v) is 10.1. The van der Waals surface area contributed by atoms with Crippen LogP contribution in [0.15, 0.2) is 24.3 Å². The van der Waals surface area contributed by atoms with Crippen LogP contribution in [0.4, 0.5) is 0 Å². The Hall–Kier alpha value is -2.37. The molecule has 0 atom stereocenters. The number of amides is 2. The van der Waals surface area contributed by atoms with Gasteiger partial charge < -0.3 is 14.8 Å². The van der Waals surface area contributed by atoms with Crippen LogP contribution in [0.2, 0.25) is 0 Å². The normalized spacial score (nSPS) is 14.3. The Labute approximate surface area is 160 Å². The first-order chi connectivity index (χ1) is 13.1. The number of likely N-dealkylation sites (tertiary alicyclic amines) is 1. The molecule has 146 valence electrons. The molecule has 0 saturated carbocycles. The lowest BCUT2D eigenvalue weighted by Gasteiger charge is -2.17. The SMILES string of the molecule is CCC(CC)C(=O)NCCc1nc2ccccc2n1CC(=O)N1CCCC1. The Balaban J connectivity index is 1.72. The van der Waals surface area contributed by atoms with Crippen LogP contribution in [0.5, 0.6) is 0 Å². The van der Waals surface area contributed by atoms with Gasteiger partial charge in [-0.15, -0.1) is 0 Å². The molecule has 0 radical (unpaired) electrons. The zero-order valence-corrected chi connectivity index (χ0v) is 16.4. The van der Waals surface area contributed by atoms with Gasteiger partial charge in [0.15, 0.2) is 0 Å².